The Bertz CT molecular complexity index is 1070. The van der Waals surface area contributed by atoms with Crippen LogP contribution in [-0.4, -0.2) is 42.0 Å². The first-order chi connectivity index (χ1) is 15.0. The van der Waals surface area contributed by atoms with Crippen LogP contribution in [0.4, 0.5) is 5.95 Å². The van der Waals surface area contributed by atoms with E-state index in [-0.39, 0.29) is 12.5 Å². The van der Waals surface area contributed by atoms with E-state index in [4.69, 9.17) is 15.2 Å². The van der Waals surface area contributed by atoms with Gasteiger partial charge in [0, 0.05) is 6.54 Å². The lowest BCUT2D eigenvalue weighted by molar-refractivity contribution is -0.123. The molecule has 162 valence electrons. The lowest BCUT2D eigenvalue weighted by Gasteiger charge is -2.13. The zero-order valence-electron chi connectivity index (χ0n) is 17.3. The highest BCUT2D eigenvalue weighted by Crippen LogP contribution is 2.36. The summed E-state index contributed by atoms with van der Waals surface area (Å²) in [6, 6.07) is 13.5. The number of rotatable bonds is 9. The first-order valence-corrected chi connectivity index (χ1v) is 10.4. The molecule has 0 saturated heterocycles. The number of hydrogen-bond donors (Lipinski definition) is 2. The van der Waals surface area contributed by atoms with Crippen molar-refractivity contribution in [3.8, 4) is 11.5 Å². The van der Waals surface area contributed by atoms with Gasteiger partial charge in [0.1, 0.15) is 0 Å². The molecule has 0 unspecified atom stereocenters. The van der Waals surface area contributed by atoms with Gasteiger partial charge in [0.2, 0.25) is 5.95 Å². The van der Waals surface area contributed by atoms with Crippen molar-refractivity contribution in [2.45, 2.75) is 13.3 Å². The van der Waals surface area contributed by atoms with Gasteiger partial charge in [-0.05, 0) is 52.5 Å². The number of methoxy groups -OCH3 is 1. The molecule has 0 aliphatic rings. The van der Waals surface area contributed by atoms with Crippen LogP contribution in [0.25, 0.3) is 0 Å². The molecule has 0 radical (unpaired) electrons. The number of aromatic nitrogens is 2. The van der Waals surface area contributed by atoms with Gasteiger partial charge in [-0.2, -0.15) is 5.10 Å². The van der Waals surface area contributed by atoms with Crippen molar-refractivity contribution >= 4 is 34.0 Å². The number of aryl methyl sites for hydroxylation is 1. The van der Waals surface area contributed by atoms with Gasteiger partial charge < -0.3 is 20.5 Å². The predicted molar refractivity (Wildman–Crippen MR) is 124 cm³/mol. The molecule has 0 bridgehead atoms. The zero-order valence-corrected chi connectivity index (χ0v) is 18.9. The van der Waals surface area contributed by atoms with Crippen LogP contribution in [0.2, 0.25) is 0 Å². The van der Waals surface area contributed by atoms with Crippen LogP contribution in [-0.2, 0) is 11.2 Å². The third kappa shape index (κ3) is 6.32. The van der Waals surface area contributed by atoms with Gasteiger partial charge in [0.15, 0.2) is 18.1 Å². The Kier molecular flexibility index (Phi) is 7.66. The number of imidazole rings is 1. The number of nitrogens with one attached hydrogen (secondary N) is 1. The molecule has 0 spiro atoms. The van der Waals surface area contributed by atoms with Crippen molar-refractivity contribution in [2.75, 3.05) is 26.0 Å². The maximum Gasteiger partial charge on any atom is 0.257 e. The molecule has 31 heavy (non-hydrogen) atoms. The lowest BCUT2D eigenvalue weighted by atomic mass is 10.1. The lowest BCUT2D eigenvalue weighted by Crippen LogP contribution is -2.30. The third-order valence-electron chi connectivity index (χ3n) is 4.34. The number of carbonyl (C=O) groups excluding carboxylic acids is 1. The summed E-state index contributed by atoms with van der Waals surface area (Å²) in [7, 11) is 1.53. The monoisotopic (exact) mass is 485 g/mol. The number of hydrogen-bond acceptors (Lipinski definition) is 6. The molecular formula is C22H24BrN5O3. The molecule has 0 fully saturated rings. The number of nitrogen functional groups attached to an aromatic ring is 1. The van der Waals surface area contributed by atoms with Crippen LogP contribution in [0.15, 0.2) is 58.2 Å². The van der Waals surface area contributed by atoms with Crippen molar-refractivity contribution in [3.05, 3.63) is 70.0 Å². The zero-order chi connectivity index (χ0) is 22.2. The standard InChI is InChI=1S/C22H24BrN5O3/c1-15-13-28(22(24)27-15)26-12-17-10-18(23)21(19(11-17)30-2)31-14-20(29)25-9-8-16-6-4-3-5-7-16/h3-7,10-13H,8-9,14H2,1-2H3,(H2,24,27)(H,25,29). The highest BCUT2D eigenvalue weighted by molar-refractivity contribution is 9.10. The second kappa shape index (κ2) is 10.6. The topological polar surface area (TPSA) is 104 Å². The van der Waals surface area contributed by atoms with Gasteiger partial charge in [0.25, 0.3) is 5.91 Å². The fourth-order valence-corrected chi connectivity index (χ4v) is 3.43. The molecule has 3 aromatic rings. The van der Waals surface area contributed by atoms with E-state index >= 15 is 0 Å². The summed E-state index contributed by atoms with van der Waals surface area (Å²) in [5.41, 5.74) is 8.50. The summed E-state index contributed by atoms with van der Waals surface area (Å²) < 4.78 is 13.3. The Morgan fingerprint density at radius 3 is 2.77 bits per heavy atom. The number of amides is 1. The van der Waals surface area contributed by atoms with Gasteiger partial charge in [-0.25, -0.2) is 9.66 Å². The molecule has 1 aromatic heterocycles. The molecule has 2 aromatic carbocycles. The van der Waals surface area contributed by atoms with E-state index < -0.39 is 0 Å². The highest BCUT2D eigenvalue weighted by atomic mass is 79.9. The van der Waals surface area contributed by atoms with Crippen LogP contribution >= 0.6 is 15.9 Å². The highest BCUT2D eigenvalue weighted by Gasteiger charge is 2.13. The van der Waals surface area contributed by atoms with Crippen molar-refractivity contribution in [2.24, 2.45) is 5.10 Å². The van der Waals surface area contributed by atoms with Crippen LogP contribution in [0.5, 0.6) is 11.5 Å². The summed E-state index contributed by atoms with van der Waals surface area (Å²) in [6.45, 7) is 2.25. The molecule has 3 N–H and O–H groups in total. The minimum Gasteiger partial charge on any atom is -0.493 e. The van der Waals surface area contributed by atoms with E-state index in [2.05, 4.69) is 31.3 Å². The number of anilines is 1. The van der Waals surface area contributed by atoms with Crippen molar-refractivity contribution in [1.82, 2.24) is 15.0 Å². The average Bonchev–Trinajstić information content (AvgIpc) is 3.08. The number of halogens is 1. The SMILES string of the molecule is COc1cc(C=Nn2cc(C)nc2N)cc(Br)c1OCC(=O)NCCc1ccccc1. The second-order valence-corrected chi connectivity index (χ2v) is 7.59. The fourth-order valence-electron chi connectivity index (χ4n) is 2.86. The molecule has 0 aliphatic carbocycles. The molecule has 3 rings (SSSR count). The Hall–Kier alpha value is -3.33. The van der Waals surface area contributed by atoms with E-state index in [0.29, 0.717) is 28.5 Å². The van der Waals surface area contributed by atoms with E-state index in [1.807, 2.05) is 43.3 Å². The Balaban J connectivity index is 1.59. The largest absolute Gasteiger partial charge is 0.493 e. The fraction of sp³-hybridized carbons (Fsp3) is 0.227. The number of carbonyl (C=O) groups is 1. The molecule has 0 saturated carbocycles. The quantitative estimate of drug-likeness (QED) is 0.453. The van der Waals surface area contributed by atoms with Crippen LogP contribution in [0, 0.1) is 6.92 Å². The molecule has 1 heterocycles. The molecule has 9 heteroatoms. The van der Waals surface area contributed by atoms with E-state index in [1.54, 1.807) is 18.5 Å². The normalized spacial score (nSPS) is 10.9. The van der Waals surface area contributed by atoms with Crippen LogP contribution in [0.1, 0.15) is 16.8 Å². The molecule has 0 atom stereocenters. The number of nitrogens with zero attached hydrogens (tertiary/aromatic N) is 3. The van der Waals surface area contributed by atoms with Gasteiger partial charge in [-0.3, -0.25) is 4.79 Å². The first kappa shape index (κ1) is 22.4. The van der Waals surface area contributed by atoms with Crippen LogP contribution < -0.4 is 20.5 Å². The Morgan fingerprint density at radius 1 is 1.32 bits per heavy atom. The Morgan fingerprint density at radius 2 is 2.10 bits per heavy atom. The van der Waals surface area contributed by atoms with Crippen molar-refractivity contribution in [1.29, 1.82) is 0 Å². The maximum atomic E-state index is 12.1. The predicted octanol–water partition coefficient (Wildman–Crippen LogP) is 3.16. The molecule has 1 amide bonds. The van der Waals surface area contributed by atoms with Gasteiger partial charge >= 0.3 is 0 Å². The van der Waals surface area contributed by atoms with Gasteiger partial charge in [0.05, 0.1) is 29.7 Å². The summed E-state index contributed by atoms with van der Waals surface area (Å²) >= 11 is 3.47. The number of nitrogens with two attached hydrogens (primary N) is 1. The number of benzene rings is 2. The third-order valence-corrected chi connectivity index (χ3v) is 4.93. The summed E-state index contributed by atoms with van der Waals surface area (Å²) in [6.07, 6.45) is 4.12. The van der Waals surface area contributed by atoms with E-state index in [1.165, 1.54) is 11.8 Å². The molecular weight excluding hydrogens is 462 g/mol. The average molecular weight is 486 g/mol. The first-order valence-electron chi connectivity index (χ1n) is 9.63. The summed E-state index contributed by atoms with van der Waals surface area (Å²) in [5.74, 6) is 1.01. The van der Waals surface area contributed by atoms with Gasteiger partial charge in [-0.1, -0.05) is 30.3 Å². The van der Waals surface area contributed by atoms with Crippen molar-refractivity contribution in [3.63, 3.8) is 0 Å². The smallest absolute Gasteiger partial charge is 0.257 e. The molecule has 8 nitrogen and oxygen atoms in total. The van der Waals surface area contributed by atoms with Crippen molar-refractivity contribution < 1.29 is 14.3 Å². The summed E-state index contributed by atoms with van der Waals surface area (Å²) in [5, 5.41) is 7.15. The minimum atomic E-state index is -0.207. The molecule has 0 aliphatic heterocycles. The second-order valence-electron chi connectivity index (χ2n) is 6.74. The van der Waals surface area contributed by atoms with E-state index in [9.17, 15) is 4.79 Å². The maximum absolute atomic E-state index is 12.1. The van der Waals surface area contributed by atoms with Crippen LogP contribution in [0.3, 0.4) is 0 Å². The summed E-state index contributed by atoms with van der Waals surface area (Å²) in [4.78, 5) is 16.2. The van der Waals surface area contributed by atoms with Gasteiger partial charge in [-0.15, -0.1) is 0 Å². The number of ether oxygens (including phenoxy) is 2. The van der Waals surface area contributed by atoms with E-state index in [0.717, 1.165) is 23.2 Å². The Labute approximate surface area is 189 Å². The minimum absolute atomic E-state index is 0.123.